The lowest BCUT2D eigenvalue weighted by molar-refractivity contribution is 0.226. The van der Waals surface area contributed by atoms with Crippen LogP contribution in [-0.4, -0.2) is 38.3 Å². The van der Waals surface area contributed by atoms with Crippen molar-refractivity contribution in [1.82, 2.24) is 4.90 Å². The van der Waals surface area contributed by atoms with E-state index in [1.807, 2.05) is 0 Å². The largest absolute Gasteiger partial charge is 0.497 e. The third-order valence-electron chi connectivity index (χ3n) is 5.97. The van der Waals surface area contributed by atoms with E-state index in [4.69, 9.17) is 4.74 Å². The van der Waals surface area contributed by atoms with Crippen LogP contribution >= 0.6 is 15.9 Å². The van der Waals surface area contributed by atoms with Crippen molar-refractivity contribution in [3.8, 4) is 5.75 Å². The fraction of sp³-hybridized carbons (Fsp3) is 0.429. The van der Waals surface area contributed by atoms with Crippen LogP contribution in [0, 0.1) is 0 Å². The smallest absolute Gasteiger partial charge is 0.120 e. The molecule has 2 aliphatic heterocycles. The molecule has 1 fully saturated rings. The Bertz CT molecular complexity index is 779. The van der Waals surface area contributed by atoms with E-state index in [0.717, 1.165) is 29.7 Å². The first-order valence-electron chi connectivity index (χ1n) is 8.93. The summed E-state index contributed by atoms with van der Waals surface area (Å²) < 4.78 is 6.65. The van der Waals surface area contributed by atoms with Gasteiger partial charge in [-0.3, -0.25) is 4.90 Å². The van der Waals surface area contributed by atoms with E-state index in [0.29, 0.717) is 6.17 Å². The molecular formula is C21H25BrN2O. The van der Waals surface area contributed by atoms with Gasteiger partial charge in [0, 0.05) is 30.0 Å². The van der Waals surface area contributed by atoms with Gasteiger partial charge in [0.2, 0.25) is 0 Å². The highest BCUT2D eigenvalue weighted by molar-refractivity contribution is 9.10. The second-order valence-electron chi connectivity index (χ2n) is 7.43. The Morgan fingerprint density at radius 1 is 1.24 bits per heavy atom. The molecule has 0 radical (unpaired) electrons. The van der Waals surface area contributed by atoms with Gasteiger partial charge in [0.15, 0.2) is 0 Å². The number of rotatable bonds is 4. The molecule has 1 saturated heterocycles. The van der Waals surface area contributed by atoms with Gasteiger partial charge in [-0.1, -0.05) is 37.3 Å². The Labute approximate surface area is 158 Å². The van der Waals surface area contributed by atoms with Crippen molar-refractivity contribution in [2.45, 2.75) is 31.3 Å². The van der Waals surface area contributed by atoms with Gasteiger partial charge in [-0.05, 0) is 52.0 Å². The van der Waals surface area contributed by atoms with E-state index < -0.39 is 0 Å². The average molecular weight is 401 g/mol. The van der Waals surface area contributed by atoms with E-state index in [1.165, 1.54) is 23.2 Å². The highest BCUT2D eigenvalue weighted by atomic mass is 79.9. The molecule has 0 amide bonds. The lowest BCUT2D eigenvalue weighted by Gasteiger charge is -2.35. The number of fused-ring (bicyclic) bond motifs is 3. The Morgan fingerprint density at radius 2 is 2.00 bits per heavy atom. The topological polar surface area (TPSA) is 15.7 Å². The Balaban J connectivity index is 1.62. The third-order valence-corrected chi connectivity index (χ3v) is 6.58. The third kappa shape index (κ3) is 2.67. The van der Waals surface area contributed by atoms with Crippen LogP contribution in [0.4, 0.5) is 5.69 Å². The van der Waals surface area contributed by atoms with E-state index in [9.17, 15) is 0 Å². The van der Waals surface area contributed by atoms with Crippen molar-refractivity contribution in [2.24, 2.45) is 0 Å². The second kappa shape index (κ2) is 6.33. The fourth-order valence-electron chi connectivity index (χ4n) is 4.74. The first-order chi connectivity index (χ1) is 12.0. The number of hydrogen-bond acceptors (Lipinski definition) is 3. The lowest BCUT2D eigenvalue weighted by Crippen LogP contribution is -2.47. The molecule has 2 aromatic rings. The average Bonchev–Trinajstić information content (AvgIpc) is 3.07. The maximum Gasteiger partial charge on any atom is 0.120 e. The van der Waals surface area contributed by atoms with Crippen molar-refractivity contribution in [3.63, 3.8) is 0 Å². The molecule has 4 rings (SSSR count). The number of likely N-dealkylation sites (N-methyl/N-ethyl adjacent to an activating group) is 1. The van der Waals surface area contributed by atoms with Gasteiger partial charge in [0.05, 0.1) is 19.0 Å². The molecule has 0 aromatic heterocycles. The number of likely N-dealkylation sites (tertiary alicyclic amines) is 1. The molecule has 1 unspecified atom stereocenters. The van der Waals surface area contributed by atoms with Gasteiger partial charge in [0.25, 0.3) is 0 Å². The second-order valence-corrected chi connectivity index (χ2v) is 8.28. The summed E-state index contributed by atoms with van der Waals surface area (Å²) in [6, 6.07) is 15.1. The summed E-state index contributed by atoms with van der Waals surface area (Å²) in [4.78, 5) is 5.10. The molecule has 0 spiro atoms. The van der Waals surface area contributed by atoms with Crippen molar-refractivity contribution in [1.29, 1.82) is 0 Å². The first-order valence-corrected chi connectivity index (χ1v) is 9.73. The summed E-state index contributed by atoms with van der Waals surface area (Å²) in [5, 5.41) is 0. The number of halogens is 1. The van der Waals surface area contributed by atoms with E-state index >= 15 is 0 Å². The van der Waals surface area contributed by atoms with Crippen LogP contribution in [0.3, 0.4) is 0 Å². The Morgan fingerprint density at radius 3 is 2.72 bits per heavy atom. The number of ether oxygens (including phenoxy) is 1. The highest BCUT2D eigenvalue weighted by Crippen LogP contribution is 2.54. The van der Waals surface area contributed by atoms with E-state index in [2.05, 4.69) is 82.2 Å². The van der Waals surface area contributed by atoms with Gasteiger partial charge in [-0.2, -0.15) is 0 Å². The molecular weight excluding hydrogens is 376 g/mol. The molecule has 0 aliphatic carbocycles. The Kier molecular flexibility index (Phi) is 4.28. The van der Waals surface area contributed by atoms with Crippen LogP contribution < -0.4 is 9.64 Å². The standard InChI is InChI=1S/C21H25BrN2O/c1-21-10-12-24(11-9-15-7-5-4-6-8-15)20(21)23(2)19-17(21)13-16(25-3)14-18(19)22/h4-8,13-14,20H,9-12H2,1-3H3/t20?,21-/m0/s1. The minimum absolute atomic E-state index is 0.151. The van der Waals surface area contributed by atoms with Crippen molar-refractivity contribution in [2.75, 3.05) is 32.1 Å². The van der Waals surface area contributed by atoms with Gasteiger partial charge in [-0.25, -0.2) is 0 Å². The Hall–Kier alpha value is -1.52. The highest BCUT2D eigenvalue weighted by Gasteiger charge is 2.53. The van der Waals surface area contributed by atoms with Crippen LogP contribution in [0.1, 0.15) is 24.5 Å². The molecule has 2 aliphatic rings. The van der Waals surface area contributed by atoms with Gasteiger partial charge in [0.1, 0.15) is 5.75 Å². The van der Waals surface area contributed by atoms with Crippen molar-refractivity contribution < 1.29 is 4.74 Å². The maximum atomic E-state index is 5.52. The molecule has 4 heteroatoms. The predicted octanol–water partition coefficient (Wildman–Crippen LogP) is 4.44. The molecule has 2 aromatic carbocycles. The van der Waals surface area contributed by atoms with E-state index in [-0.39, 0.29) is 5.41 Å². The molecule has 2 atom stereocenters. The number of benzene rings is 2. The molecule has 132 valence electrons. The summed E-state index contributed by atoms with van der Waals surface area (Å²) in [6.45, 7) is 4.65. The monoisotopic (exact) mass is 400 g/mol. The number of hydrogen-bond donors (Lipinski definition) is 0. The molecule has 0 bridgehead atoms. The summed E-state index contributed by atoms with van der Waals surface area (Å²) >= 11 is 3.77. The summed E-state index contributed by atoms with van der Waals surface area (Å²) in [5.41, 5.74) is 4.29. The zero-order chi connectivity index (χ0) is 17.6. The zero-order valence-electron chi connectivity index (χ0n) is 15.1. The number of anilines is 1. The van der Waals surface area contributed by atoms with Gasteiger partial charge in [-0.15, -0.1) is 0 Å². The van der Waals surface area contributed by atoms with Gasteiger partial charge < -0.3 is 9.64 Å². The van der Waals surface area contributed by atoms with Crippen LogP contribution in [0.15, 0.2) is 46.9 Å². The lowest BCUT2D eigenvalue weighted by atomic mass is 9.81. The zero-order valence-corrected chi connectivity index (χ0v) is 16.7. The molecule has 0 saturated carbocycles. The molecule has 3 nitrogen and oxygen atoms in total. The fourth-order valence-corrected chi connectivity index (χ4v) is 5.45. The van der Waals surface area contributed by atoms with Crippen LogP contribution in [0.25, 0.3) is 0 Å². The normalized spacial score (nSPS) is 25.1. The van der Waals surface area contributed by atoms with Crippen molar-refractivity contribution >= 4 is 21.6 Å². The predicted molar refractivity (Wildman–Crippen MR) is 107 cm³/mol. The van der Waals surface area contributed by atoms with Crippen LogP contribution in [0.5, 0.6) is 5.75 Å². The van der Waals surface area contributed by atoms with Crippen molar-refractivity contribution in [3.05, 3.63) is 58.1 Å². The number of nitrogens with zero attached hydrogens (tertiary/aromatic N) is 2. The minimum atomic E-state index is 0.151. The van der Waals surface area contributed by atoms with Crippen LogP contribution in [-0.2, 0) is 11.8 Å². The molecule has 2 heterocycles. The van der Waals surface area contributed by atoms with Gasteiger partial charge >= 0.3 is 0 Å². The summed E-state index contributed by atoms with van der Waals surface area (Å²) in [7, 11) is 3.97. The molecule has 0 N–H and O–H groups in total. The maximum absolute atomic E-state index is 5.52. The first kappa shape index (κ1) is 16.9. The quantitative estimate of drug-likeness (QED) is 0.754. The minimum Gasteiger partial charge on any atom is -0.497 e. The van der Waals surface area contributed by atoms with Crippen LogP contribution in [0.2, 0.25) is 0 Å². The summed E-state index contributed by atoms with van der Waals surface area (Å²) in [5.74, 6) is 0.934. The SMILES string of the molecule is COc1cc(Br)c2c(c1)[C@]1(C)CCN(CCc3ccccc3)C1N2C. The number of methoxy groups -OCH3 is 1. The van der Waals surface area contributed by atoms with E-state index in [1.54, 1.807) is 7.11 Å². The summed E-state index contributed by atoms with van der Waals surface area (Å²) in [6.07, 6.45) is 2.69. The molecule has 25 heavy (non-hydrogen) atoms.